The van der Waals surface area contributed by atoms with Gasteiger partial charge in [-0.15, -0.1) is 0 Å². The number of nitrogens with zero attached hydrogens (tertiary/aromatic N) is 2. The summed E-state index contributed by atoms with van der Waals surface area (Å²) in [5.41, 5.74) is 2.25. The van der Waals surface area contributed by atoms with Crippen molar-refractivity contribution in [1.82, 2.24) is 4.90 Å². The number of hydrogen-bond donors (Lipinski definition) is 1. The first kappa shape index (κ1) is 23.9. The number of hydrogen-bond acceptors (Lipinski definition) is 4. The second-order valence-corrected chi connectivity index (χ2v) is 6.93. The Balaban J connectivity index is 0.00000182. The van der Waals surface area contributed by atoms with E-state index in [-0.39, 0.29) is 24.8 Å². The van der Waals surface area contributed by atoms with Gasteiger partial charge in [0.15, 0.2) is 0 Å². The normalized spacial score (nSPS) is 15.4. The standard InChI is InChI=1S/C20H25ClN2O2.2ClH/c1-16-13-17(21)7-8-20(16)25-15-19(24)14-22-9-11-23(12-10-22)18-5-3-2-4-6-18;;/h2-8,13,19,24H,9-12,14-15H2,1H3;2*1H/p-2. The number of rotatable bonds is 6. The Kier molecular flexibility index (Phi) is 10.3. The molecule has 1 N–H and O–H groups in total. The third kappa shape index (κ3) is 7.05. The zero-order valence-corrected chi connectivity index (χ0v) is 17.6. The smallest absolute Gasteiger partial charge is 0.122 e. The van der Waals surface area contributed by atoms with Crippen LogP contribution < -0.4 is 34.5 Å². The van der Waals surface area contributed by atoms with E-state index in [1.165, 1.54) is 5.69 Å². The molecule has 27 heavy (non-hydrogen) atoms. The van der Waals surface area contributed by atoms with Gasteiger partial charge in [-0.1, -0.05) is 29.8 Å². The molecule has 2 aromatic carbocycles. The van der Waals surface area contributed by atoms with Crippen LogP contribution in [-0.4, -0.2) is 55.4 Å². The average Bonchev–Trinajstić information content (AvgIpc) is 2.62. The van der Waals surface area contributed by atoms with Crippen LogP contribution in [0.3, 0.4) is 0 Å². The number of aliphatic hydroxyl groups excluding tert-OH is 1. The van der Waals surface area contributed by atoms with Crippen molar-refractivity contribution in [2.24, 2.45) is 0 Å². The molecule has 7 heteroatoms. The minimum absolute atomic E-state index is 0. The first-order valence-electron chi connectivity index (χ1n) is 8.71. The first-order chi connectivity index (χ1) is 12.1. The Morgan fingerprint density at radius 1 is 1.04 bits per heavy atom. The zero-order valence-electron chi connectivity index (χ0n) is 15.3. The van der Waals surface area contributed by atoms with Crippen molar-refractivity contribution in [2.75, 3.05) is 44.2 Å². The second kappa shape index (κ2) is 11.6. The van der Waals surface area contributed by atoms with E-state index in [0.29, 0.717) is 18.2 Å². The molecule has 1 atom stereocenters. The lowest BCUT2D eigenvalue weighted by molar-refractivity contribution is -0.00100. The van der Waals surface area contributed by atoms with Gasteiger partial charge >= 0.3 is 0 Å². The summed E-state index contributed by atoms with van der Waals surface area (Å²) >= 11 is 5.95. The van der Waals surface area contributed by atoms with Crippen LogP contribution >= 0.6 is 11.6 Å². The predicted molar refractivity (Wildman–Crippen MR) is 103 cm³/mol. The quantitative estimate of drug-likeness (QED) is 0.537. The molecule has 1 heterocycles. The van der Waals surface area contributed by atoms with Crippen molar-refractivity contribution < 1.29 is 34.7 Å². The van der Waals surface area contributed by atoms with Crippen LogP contribution in [0, 0.1) is 6.92 Å². The summed E-state index contributed by atoms with van der Waals surface area (Å²) in [6.07, 6.45) is -0.502. The Hall–Kier alpha value is -1.17. The number of aliphatic hydroxyl groups is 1. The van der Waals surface area contributed by atoms with Crippen molar-refractivity contribution >= 4 is 17.3 Å². The van der Waals surface area contributed by atoms with E-state index in [1.807, 2.05) is 25.1 Å². The van der Waals surface area contributed by atoms with E-state index >= 15 is 0 Å². The lowest BCUT2D eigenvalue weighted by Crippen LogP contribution is -3.00. The second-order valence-electron chi connectivity index (χ2n) is 6.50. The molecule has 4 nitrogen and oxygen atoms in total. The summed E-state index contributed by atoms with van der Waals surface area (Å²) in [6, 6.07) is 16.0. The van der Waals surface area contributed by atoms with Crippen LogP contribution in [-0.2, 0) is 0 Å². The summed E-state index contributed by atoms with van der Waals surface area (Å²) in [5, 5.41) is 11.0. The molecule has 0 radical (unpaired) electrons. The van der Waals surface area contributed by atoms with Gasteiger partial charge in [0, 0.05) is 43.4 Å². The van der Waals surface area contributed by atoms with Gasteiger partial charge in [0.25, 0.3) is 0 Å². The number of β-amino-alcohol motifs (C(OH)–C–C–N with tert-alkyl or cyclic N) is 1. The van der Waals surface area contributed by atoms with Crippen LogP contribution in [0.15, 0.2) is 48.5 Å². The Morgan fingerprint density at radius 3 is 2.33 bits per heavy atom. The zero-order chi connectivity index (χ0) is 17.6. The largest absolute Gasteiger partial charge is 1.00 e. The third-order valence-corrected chi connectivity index (χ3v) is 4.77. The number of piperazine rings is 1. The van der Waals surface area contributed by atoms with Crippen molar-refractivity contribution in [1.29, 1.82) is 0 Å². The molecule has 0 saturated carbocycles. The lowest BCUT2D eigenvalue weighted by Gasteiger charge is -2.36. The highest BCUT2D eigenvalue weighted by molar-refractivity contribution is 6.30. The minimum atomic E-state index is -0.502. The molecular weight excluding hydrogens is 407 g/mol. The number of halogens is 3. The van der Waals surface area contributed by atoms with E-state index < -0.39 is 6.10 Å². The van der Waals surface area contributed by atoms with Gasteiger partial charge in [0.2, 0.25) is 0 Å². The topological polar surface area (TPSA) is 35.9 Å². The van der Waals surface area contributed by atoms with Crippen LogP contribution in [0.1, 0.15) is 5.56 Å². The van der Waals surface area contributed by atoms with Crippen LogP contribution in [0.2, 0.25) is 5.02 Å². The van der Waals surface area contributed by atoms with Gasteiger partial charge < -0.3 is 39.6 Å². The monoisotopic (exact) mass is 430 g/mol. The third-order valence-electron chi connectivity index (χ3n) is 4.53. The molecule has 2 aromatic rings. The van der Waals surface area contributed by atoms with Crippen LogP contribution in [0.4, 0.5) is 5.69 Å². The van der Waals surface area contributed by atoms with Crippen molar-refractivity contribution in [2.45, 2.75) is 13.0 Å². The summed E-state index contributed by atoms with van der Waals surface area (Å²) in [6.45, 7) is 6.74. The molecule has 0 aliphatic carbocycles. The van der Waals surface area contributed by atoms with Gasteiger partial charge in [-0.25, -0.2) is 0 Å². The van der Waals surface area contributed by atoms with Crippen molar-refractivity contribution in [3.63, 3.8) is 0 Å². The van der Waals surface area contributed by atoms with Gasteiger partial charge in [-0.3, -0.25) is 4.90 Å². The Morgan fingerprint density at radius 2 is 1.70 bits per heavy atom. The molecule has 1 aliphatic rings. The molecule has 1 saturated heterocycles. The highest BCUT2D eigenvalue weighted by Gasteiger charge is 2.19. The maximum atomic E-state index is 10.3. The number of ether oxygens (including phenoxy) is 1. The minimum Gasteiger partial charge on any atom is -1.00 e. The molecule has 150 valence electrons. The van der Waals surface area contributed by atoms with Crippen molar-refractivity contribution in [3.05, 3.63) is 59.1 Å². The molecule has 1 fully saturated rings. The predicted octanol–water partition coefficient (Wildman–Crippen LogP) is -2.78. The fourth-order valence-electron chi connectivity index (χ4n) is 3.14. The number of anilines is 1. The van der Waals surface area contributed by atoms with Gasteiger partial charge in [-0.2, -0.15) is 0 Å². The fourth-order valence-corrected chi connectivity index (χ4v) is 3.37. The maximum absolute atomic E-state index is 10.3. The summed E-state index contributed by atoms with van der Waals surface area (Å²) < 4.78 is 5.74. The Bertz CT molecular complexity index is 680. The van der Waals surface area contributed by atoms with E-state index in [0.717, 1.165) is 37.5 Å². The number of aryl methyl sites for hydroxylation is 1. The van der Waals surface area contributed by atoms with Gasteiger partial charge in [0.05, 0.1) is 0 Å². The molecule has 0 amide bonds. The Labute approximate surface area is 178 Å². The molecule has 0 spiro atoms. The summed E-state index contributed by atoms with van der Waals surface area (Å²) in [4.78, 5) is 4.68. The van der Waals surface area contributed by atoms with E-state index in [4.69, 9.17) is 16.3 Å². The van der Waals surface area contributed by atoms with Crippen LogP contribution in [0.25, 0.3) is 0 Å². The fraction of sp³-hybridized carbons (Fsp3) is 0.400. The van der Waals surface area contributed by atoms with E-state index in [1.54, 1.807) is 6.07 Å². The molecule has 0 aromatic heterocycles. The number of para-hydroxylation sites is 1. The molecular formula is C20H25Cl3N2O2-2. The maximum Gasteiger partial charge on any atom is 0.122 e. The van der Waals surface area contributed by atoms with E-state index in [2.05, 4.69) is 34.1 Å². The molecule has 1 aliphatic heterocycles. The molecule has 0 bridgehead atoms. The average molecular weight is 432 g/mol. The first-order valence-corrected chi connectivity index (χ1v) is 9.09. The summed E-state index contributed by atoms with van der Waals surface area (Å²) in [7, 11) is 0. The highest BCUT2D eigenvalue weighted by atomic mass is 35.5. The number of benzene rings is 2. The molecule has 1 unspecified atom stereocenters. The SMILES string of the molecule is Cc1cc(Cl)ccc1OCC(O)CN1CCN(c2ccccc2)CC1.[Cl-].[Cl-]. The highest BCUT2D eigenvalue weighted by Crippen LogP contribution is 2.22. The van der Waals surface area contributed by atoms with Gasteiger partial charge in [0.1, 0.15) is 18.5 Å². The van der Waals surface area contributed by atoms with Gasteiger partial charge in [-0.05, 0) is 42.8 Å². The summed E-state index contributed by atoms with van der Waals surface area (Å²) in [5.74, 6) is 0.775. The van der Waals surface area contributed by atoms with E-state index in [9.17, 15) is 5.11 Å². The van der Waals surface area contributed by atoms with Crippen LogP contribution in [0.5, 0.6) is 5.75 Å². The lowest BCUT2D eigenvalue weighted by atomic mass is 10.2. The van der Waals surface area contributed by atoms with Crippen molar-refractivity contribution in [3.8, 4) is 5.75 Å². The molecule has 3 rings (SSSR count).